The smallest absolute Gasteiger partial charge is 0.257 e. The van der Waals surface area contributed by atoms with Gasteiger partial charge in [-0.25, -0.2) is 0 Å². The average Bonchev–Trinajstić information content (AvgIpc) is 3.10. The number of rotatable bonds is 13. The molecule has 42 heavy (non-hydrogen) atoms. The lowest BCUT2D eigenvalue weighted by Crippen LogP contribution is -2.62. The summed E-state index contributed by atoms with van der Waals surface area (Å²) in [6.07, 6.45) is 17.7. The number of carbonyl (C=O) groups is 1. The Labute approximate surface area is 261 Å². The number of amides is 1. The minimum atomic E-state index is -0.922. The number of hydrogen-bond donors (Lipinski definition) is 1. The van der Waals surface area contributed by atoms with Crippen LogP contribution in [0.5, 0.6) is 0 Å². The summed E-state index contributed by atoms with van der Waals surface area (Å²) in [5.41, 5.74) is -1.67. The van der Waals surface area contributed by atoms with Crippen molar-refractivity contribution in [1.82, 2.24) is 9.80 Å². The van der Waals surface area contributed by atoms with Crippen LogP contribution < -0.4 is 0 Å². The van der Waals surface area contributed by atoms with Crippen LogP contribution in [0.25, 0.3) is 0 Å². The number of carbonyl (C=O) groups excluding carboxylic acids is 1. The third-order valence-corrected chi connectivity index (χ3v) is 11.6. The van der Waals surface area contributed by atoms with E-state index in [0.29, 0.717) is 25.4 Å². The molecule has 2 fully saturated rings. The van der Waals surface area contributed by atoms with E-state index in [-0.39, 0.29) is 22.4 Å². The van der Waals surface area contributed by atoms with E-state index < -0.39 is 17.4 Å². The van der Waals surface area contributed by atoms with Crippen LogP contribution in [0, 0.1) is 5.41 Å². The van der Waals surface area contributed by atoms with Crippen molar-refractivity contribution in [2.75, 3.05) is 6.54 Å². The summed E-state index contributed by atoms with van der Waals surface area (Å²) in [6, 6.07) is 0.346. The molecule has 1 aliphatic carbocycles. The molecule has 0 aromatic heterocycles. The molecule has 1 amide bonds. The van der Waals surface area contributed by atoms with Gasteiger partial charge in [-0.1, -0.05) is 92.4 Å². The van der Waals surface area contributed by atoms with Gasteiger partial charge in [0.05, 0.1) is 6.10 Å². The first-order valence-electron chi connectivity index (χ1n) is 18.1. The zero-order valence-electron chi connectivity index (χ0n) is 30.0. The van der Waals surface area contributed by atoms with E-state index in [1.165, 1.54) is 44.9 Å². The summed E-state index contributed by atoms with van der Waals surface area (Å²) >= 11 is 0. The van der Waals surface area contributed by atoms with Crippen molar-refractivity contribution in [2.24, 2.45) is 5.41 Å². The number of nitrogens with zero attached hydrogens (tertiary/aromatic N) is 2. The number of aliphatic hydroxyl groups is 1. The second-order valence-corrected chi connectivity index (χ2v) is 15.9. The van der Waals surface area contributed by atoms with Crippen molar-refractivity contribution in [3.8, 4) is 0 Å². The van der Waals surface area contributed by atoms with Crippen molar-refractivity contribution in [1.29, 1.82) is 0 Å². The fourth-order valence-corrected chi connectivity index (χ4v) is 8.82. The molecule has 0 aromatic carbocycles. The van der Waals surface area contributed by atoms with E-state index in [4.69, 9.17) is 4.74 Å². The van der Waals surface area contributed by atoms with E-state index in [0.717, 1.165) is 51.4 Å². The molecule has 1 N–H and O–H groups in total. The summed E-state index contributed by atoms with van der Waals surface area (Å²) in [7, 11) is 0. The Kier molecular flexibility index (Phi) is 13.9. The number of ether oxygens (including phenoxy) is 1. The number of β-amino-alcohol motifs (C(OH)–C–C–N with tert-alkyl or cyclic N) is 1. The van der Waals surface area contributed by atoms with Crippen LogP contribution in [0.1, 0.15) is 185 Å². The van der Waals surface area contributed by atoms with Crippen LogP contribution in [-0.2, 0) is 9.53 Å². The van der Waals surface area contributed by atoms with Gasteiger partial charge in [0.15, 0.2) is 0 Å². The molecule has 5 heteroatoms. The normalized spacial score (nSPS) is 24.3. The summed E-state index contributed by atoms with van der Waals surface area (Å²) in [5.74, 6) is 0.0924. The number of hydrogen-bond acceptors (Lipinski definition) is 4. The highest BCUT2D eigenvalue weighted by molar-refractivity contribution is 5.87. The fourth-order valence-electron chi connectivity index (χ4n) is 8.82. The van der Waals surface area contributed by atoms with E-state index in [1.54, 1.807) is 0 Å². The molecule has 2 atom stereocenters. The molecule has 2 aliphatic rings. The maximum absolute atomic E-state index is 14.7. The van der Waals surface area contributed by atoms with Gasteiger partial charge in [-0.2, -0.15) is 0 Å². The fraction of sp³-hybridized carbons (Fsp3) is 0.973. The third kappa shape index (κ3) is 8.96. The highest BCUT2D eigenvalue weighted by Crippen LogP contribution is 2.48. The maximum atomic E-state index is 14.7. The van der Waals surface area contributed by atoms with Gasteiger partial charge in [-0.15, -0.1) is 0 Å². The van der Waals surface area contributed by atoms with Gasteiger partial charge in [0.1, 0.15) is 11.3 Å². The van der Waals surface area contributed by atoms with E-state index in [2.05, 4.69) is 81.1 Å². The summed E-state index contributed by atoms with van der Waals surface area (Å²) in [4.78, 5) is 19.4. The SMILES string of the molecule is CCC(C)(CC)CC(O)CN1C(=O)C(C)(CC(C)(C)N(C(C)C)C(C)(CC)CC)OC12CCCCCCCCCCC2. The lowest BCUT2D eigenvalue weighted by atomic mass is 9.79. The molecule has 1 heterocycles. The van der Waals surface area contributed by atoms with Gasteiger partial charge in [-0.3, -0.25) is 9.69 Å². The minimum Gasteiger partial charge on any atom is -0.391 e. The predicted octanol–water partition coefficient (Wildman–Crippen LogP) is 9.64. The predicted molar refractivity (Wildman–Crippen MR) is 179 cm³/mol. The van der Waals surface area contributed by atoms with Crippen LogP contribution in [0.2, 0.25) is 0 Å². The first-order valence-corrected chi connectivity index (χ1v) is 18.1. The Morgan fingerprint density at radius 3 is 1.69 bits per heavy atom. The maximum Gasteiger partial charge on any atom is 0.257 e. The second kappa shape index (κ2) is 15.6. The van der Waals surface area contributed by atoms with E-state index >= 15 is 0 Å². The molecule has 5 nitrogen and oxygen atoms in total. The number of aliphatic hydroxyl groups excluding tert-OH is 1. The van der Waals surface area contributed by atoms with E-state index in [9.17, 15) is 9.90 Å². The van der Waals surface area contributed by atoms with Gasteiger partial charge >= 0.3 is 0 Å². The lowest BCUT2D eigenvalue weighted by Gasteiger charge is -2.54. The van der Waals surface area contributed by atoms with Gasteiger partial charge in [-0.05, 0) is 91.9 Å². The Morgan fingerprint density at radius 1 is 0.833 bits per heavy atom. The van der Waals surface area contributed by atoms with Gasteiger partial charge in [0.2, 0.25) is 0 Å². The van der Waals surface area contributed by atoms with Crippen molar-refractivity contribution in [2.45, 2.75) is 220 Å². The van der Waals surface area contributed by atoms with Gasteiger partial charge in [0, 0.05) is 30.1 Å². The second-order valence-electron chi connectivity index (χ2n) is 15.9. The summed E-state index contributed by atoms with van der Waals surface area (Å²) in [5, 5.41) is 11.5. The summed E-state index contributed by atoms with van der Waals surface area (Å²) < 4.78 is 7.27. The minimum absolute atomic E-state index is 0.0428. The largest absolute Gasteiger partial charge is 0.391 e. The first-order chi connectivity index (χ1) is 19.6. The van der Waals surface area contributed by atoms with Crippen molar-refractivity contribution in [3.05, 3.63) is 0 Å². The van der Waals surface area contributed by atoms with Crippen LogP contribution in [0.4, 0.5) is 0 Å². The molecular weight excluding hydrogens is 520 g/mol. The van der Waals surface area contributed by atoms with Crippen molar-refractivity contribution in [3.63, 3.8) is 0 Å². The van der Waals surface area contributed by atoms with Gasteiger partial charge < -0.3 is 14.7 Å². The van der Waals surface area contributed by atoms with Crippen molar-refractivity contribution < 1.29 is 14.6 Å². The highest BCUT2D eigenvalue weighted by atomic mass is 16.6. The Bertz CT molecular complexity index is 804. The third-order valence-electron chi connectivity index (χ3n) is 11.6. The molecule has 0 aromatic rings. The molecular formula is C37H72N2O3. The molecule has 0 bridgehead atoms. The Balaban J connectivity index is 2.51. The molecule has 248 valence electrons. The zero-order valence-corrected chi connectivity index (χ0v) is 30.0. The standard InChI is InChI=1S/C37H72N2O3/c1-12-34(9,13-2)27-31(40)28-38-32(41)36(11,29-33(7,8)39(30(5)6)35(10,14-3)15-4)42-37(38)25-23-21-19-17-16-18-20-22-24-26-37/h30-31,40H,12-29H2,1-11H3. The lowest BCUT2D eigenvalue weighted by molar-refractivity contribution is -0.167. The Morgan fingerprint density at radius 2 is 1.29 bits per heavy atom. The highest BCUT2D eigenvalue weighted by Gasteiger charge is 2.60. The van der Waals surface area contributed by atoms with Crippen LogP contribution in [0.15, 0.2) is 0 Å². The Hall–Kier alpha value is -0.650. The zero-order chi connectivity index (χ0) is 31.8. The summed E-state index contributed by atoms with van der Waals surface area (Å²) in [6.45, 7) is 25.3. The molecule has 1 aliphatic heterocycles. The van der Waals surface area contributed by atoms with Crippen LogP contribution >= 0.6 is 0 Å². The van der Waals surface area contributed by atoms with Crippen molar-refractivity contribution >= 4 is 5.91 Å². The molecule has 2 unspecified atom stereocenters. The van der Waals surface area contributed by atoms with Gasteiger partial charge in [0.25, 0.3) is 5.91 Å². The molecule has 1 spiro atoms. The monoisotopic (exact) mass is 593 g/mol. The van der Waals surface area contributed by atoms with Crippen LogP contribution in [0.3, 0.4) is 0 Å². The van der Waals surface area contributed by atoms with E-state index in [1.807, 2.05) is 4.90 Å². The quantitative estimate of drug-likeness (QED) is 0.231. The molecule has 1 saturated carbocycles. The first kappa shape index (κ1) is 37.5. The topological polar surface area (TPSA) is 53.0 Å². The molecule has 0 radical (unpaired) electrons. The van der Waals surface area contributed by atoms with Crippen LogP contribution in [-0.4, -0.2) is 61.9 Å². The molecule has 2 rings (SSSR count). The molecule has 1 saturated heterocycles. The average molecular weight is 593 g/mol.